The van der Waals surface area contributed by atoms with Crippen LogP contribution in [0.4, 0.5) is 0 Å². The molecule has 0 aliphatic heterocycles. The molecule has 12 nitrogen and oxygen atoms in total. The minimum absolute atomic E-state index is 0. The van der Waals surface area contributed by atoms with E-state index in [9.17, 15) is 54.9 Å². The minimum atomic E-state index is -0.957. The molecule has 644 valence electrons. The average Bonchev–Trinajstić information content (AvgIpc) is 1.66. The van der Waals surface area contributed by atoms with Crippen LogP contribution in [0.5, 0.6) is 0 Å². The quantitative estimate of drug-likeness (QED) is 0.0517. The van der Waals surface area contributed by atoms with E-state index in [0.717, 1.165) is 151 Å². The molecule has 13 heteroatoms. The van der Waals surface area contributed by atoms with Gasteiger partial charge in [-0.1, -0.05) is 140 Å². The number of rotatable bonds is 16. The zero-order valence-electron chi connectivity index (χ0n) is 74.9. The number of carbonyl (C=O) groups excluding carboxylic acids is 4. The largest absolute Gasteiger partial charge is 1.00 e. The Morgan fingerprint density at radius 3 is 1.48 bits per heavy atom. The van der Waals surface area contributed by atoms with Gasteiger partial charge in [-0.3, -0.25) is 0 Å². The number of fused-ring (bicyclic) bond motifs is 20. The van der Waals surface area contributed by atoms with Gasteiger partial charge >= 0.3 is 35.5 Å². The fourth-order valence-electron chi connectivity index (χ4n) is 35.0. The van der Waals surface area contributed by atoms with Crippen molar-refractivity contribution in [2.75, 3.05) is 0 Å². The Balaban J connectivity index is 0.000000135. The van der Waals surface area contributed by atoms with Crippen molar-refractivity contribution in [2.24, 2.45) is 185 Å². The molecule has 0 spiro atoms. The van der Waals surface area contributed by atoms with Crippen LogP contribution in [-0.2, 0) is 19.1 Å². The fourth-order valence-corrected chi connectivity index (χ4v) is 35.0. The van der Waals surface area contributed by atoms with Crippen molar-refractivity contribution >= 4 is 24.5 Å². The molecule has 17 rings (SSSR count). The maximum Gasteiger partial charge on any atom is 1.00 e. The van der Waals surface area contributed by atoms with Crippen molar-refractivity contribution < 1.29 is 89.2 Å². The van der Waals surface area contributed by atoms with Crippen LogP contribution in [0.15, 0.2) is 30.3 Å². The second-order valence-electron chi connectivity index (χ2n) is 46.2. The van der Waals surface area contributed by atoms with E-state index in [2.05, 4.69) is 90.0 Å². The van der Waals surface area contributed by atoms with Crippen LogP contribution in [0.2, 0.25) is 0 Å². The third kappa shape index (κ3) is 16.4. The Morgan fingerprint density at radius 2 is 0.913 bits per heavy atom. The number of hydrogen-bond donors (Lipinski definition) is 6. The van der Waals surface area contributed by atoms with Crippen LogP contribution >= 0.6 is 0 Å². The number of aliphatic hydroxyl groups excluding tert-OH is 6. The summed E-state index contributed by atoms with van der Waals surface area (Å²) in [5.74, 6) is 13.2. The molecule has 16 saturated carbocycles. The number of carboxylic acids is 1. The molecule has 0 saturated heterocycles. The molecule has 16 aliphatic carbocycles. The third-order valence-electron chi connectivity index (χ3n) is 41.6. The molecule has 0 amide bonds. The smallest absolute Gasteiger partial charge is 0.550 e. The van der Waals surface area contributed by atoms with E-state index < -0.39 is 5.97 Å². The summed E-state index contributed by atoms with van der Waals surface area (Å²) in [5, 5.41) is 77.3. The Hall–Kier alpha value is -1.74. The van der Waals surface area contributed by atoms with Crippen molar-refractivity contribution in [2.45, 2.75) is 390 Å². The second kappa shape index (κ2) is 36.1. The van der Waals surface area contributed by atoms with Crippen LogP contribution < -0.4 is 34.7 Å². The second-order valence-corrected chi connectivity index (χ2v) is 46.2. The van der Waals surface area contributed by atoms with Crippen molar-refractivity contribution in [1.29, 1.82) is 0 Å². The van der Waals surface area contributed by atoms with Crippen molar-refractivity contribution in [3.63, 3.8) is 0 Å². The predicted octanol–water partition coefficient (Wildman–Crippen LogP) is 17.2. The van der Waals surface area contributed by atoms with E-state index in [1.807, 2.05) is 30.3 Å². The number of aliphatic carboxylic acids is 1. The summed E-state index contributed by atoms with van der Waals surface area (Å²) in [4.78, 5) is 46.1. The van der Waals surface area contributed by atoms with Crippen LogP contribution in [0, 0.1) is 185 Å². The first-order valence-corrected chi connectivity index (χ1v) is 48.6. The first kappa shape index (κ1) is 91.0. The number of aldehydes is 2. The Kier molecular flexibility index (Phi) is 28.5. The number of ether oxygens (including phenoxy) is 1. The van der Waals surface area contributed by atoms with Crippen molar-refractivity contribution in [3.05, 3.63) is 35.9 Å². The maximum absolute atomic E-state index is 12.7. The van der Waals surface area contributed by atoms with E-state index >= 15 is 0 Å². The summed E-state index contributed by atoms with van der Waals surface area (Å²) < 4.78 is 6.01. The molecule has 0 aromatic heterocycles. The summed E-state index contributed by atoms with van der Waals surface area (Å²) in [6.07, 6.45) is 45.6. The van der Waals surface area contributed by atoms with Crippen molar-refractivity contribution in [3.8, 4) is 0 Å². The van der Waals surface area contributed by atoms with E-state index in [-0.39, 0.29) is 123 Å². The van der Waals surface area contributed by atoms with Gasteiger partial charge in [0.15, 0.2) is 0 Å². The number of carbonyl (C=O) groups is 4. The number of hydrogen-bond acceptors (Lipinski definition) is 12. The summed E-state index contributed by atoms with van der Waals surface area (Å²) >= 11 is 0. The van der Waals surface area contributed by atoms with Gasteiger partial charge < -0.3 is 54.9 Å². The first-order chi connectivity index (χ1) is 54.1. The van der Waals surface area contributed by atoms with Gasteiger partial charge in [0.25, 0.3) is 0 Å². The molecule has 16 fully saturated rings. The standard InChI is InChI=1S/C34H52O3.2C24H40O4.C20H32O.Na/c1-22(2)10-9-11-23(3)28-16-17-29-27-15-14-25-20-26(37-32(36)24-12-7-6-8-13-24)18-19-33(25,4)30(27)21-31(35)34(28,29)5;1-14(4-9-22(27)28)18-7-8-19-17-6-5-15-12-16(25)10-11-23(15,2)20(17)13-21(26)24(18,19)3;1-14(5-4-10-25)17-6-7-18-22-19(13-21(28)24(17,18)3)23(2)9-8-16(26)11-15(23)12-20(22)27;1-19-11-4-3-5-14(19)6-8-16-17-9-7-15(13-21)20(17,2)12-10-18(16)19;/h6-8,12-13,22-23,25-31,35H,9-11,14-21H2,1-5H3;14-21,25-26H,4-13H2,1-3H3,(H,27,28);10,14-22,26-28H,4-9,11-13H2,1-3H3;13-18H,3-12H2,1-2H3;/q;;;;+1/p-1/t23-,25-,26-,27?,28-,29?,30?,31+,33+,34-;14-,15-,16-,17?,18-,19?,20?,21+,23+,24-;14-,15+,16-,17-,18?,19?,20-,21+,22?,23+,24-;14-,15+,16?,17?,18?,19-,20+;/m1110./s1. The Labute approximate surface area is 719 Å². The number of esters is 1. The summed E-state index contributed by atoms with van der Waals surface area (Å²) in [7, 11) is 0. The Bertz CT molecular complexity index is 3420. The van der Waals surface area contributed by atoms with Gasteiger partial charge in [-0.25, -0.2) is 4.79 Å². The minimum Gasteiger partial charge on any atom is -0.550 e. The van der Waals surface area contributed by atoms with Gasteiger partial charge in [0, 0.05) is 18.3 Å². The van der Waals surface area contributed by atoms with Gasteiger partial charge in [-0.15, -0.1) is 0 Å². The molecular formula is C102H163NaO12. The molecule has 0 radical (unpaired) electrons. The average molecular weight is 1600 g/mol. The van der Waals surface area contributed by atoms with E-state index in [1.54, 1.807) is 0 Å². The Morgan fingerprint density at radius 1 is 0.443 bits per heavy atom. The van der Waals surface area contributed by atoms with Gasteiger partial charge in [0.1, 0.15) is 18.7 Å². The monoisotopic (exact) mass is 1600 g/mol. The SMILES string of the molecule is CC(C)CCC[C@@H](C)[C@H]1CCC2C3CC[C@@H]4C[C@H](OC(=O)c5ccccc5)CC[C@]4(C)C3C[C@H](O)[C@@]21C.C[C@H](CCC(=O)[O-])[C@H]1CCC2C3CC[C@@H]4C[C@H](O)CC[C@]4(C)C3C[C@H](O)[C@@]21C.C[C@H](CCC=O)[C@H]1CCC2C3C(C[C@H](O)[C@@]21C)[C@@]1(C)CC[C@@H](O)C[C@H]1C[C@H]3O.C[C@]12CCC3C(CC[C@@H]4CCCC[C@]34C)C1CC[C@@H]2C=O.[Na+]. The van der Waals surface area contributed by atoms with Gasteiger partial charge in [-0.2, -0.15) is 0 Å². The van der Waals surface area contributed by atoms with Crippen LogP contribution in [-0.4, -0.2) is 97.9 Å². The molecule has 1 aromatic carbocycles. The summed E-state index contributed by atoms with van der Waals surface area (Å²) in [6, 6.07) is 9.43. The fraction of sp³-hybridized carbons (Fsp3) is 0.902. The molecule has 1 aromatic rings. The van der Waals surface area contributed by atoms with Crippen LogP contribution in [0.25, 0.3) is 0 Å². The van der Waals surface area contributed by atoms with E-state index in [4.69, 9.17) is 4.74 Å². The van der Waals surface area contributed by atoms with Gasteiger partial charge in [0.2, 0.25) is 0 Å². The van der Waals surface area contributed by atoms with Crippen LogP contribution in [0.1, 0.15) is 357 Å². The number of benzene rings is 1. The number of aliphatic hydroxyl groups is 6. The molecule has 0 bridgehead atoms. The topological polar surface area (TPSA) is 222 Å². The zero-order valence-corrected chi connectivity index (χ0v) is 76.9. The van der Waals surface area contributed by atoms with E-state index in [1.165, 1.54) is 135 Å². The molecule has 6 N–H and O–H groups in total. The zero-order chi connectivity index (χ0) is 81.6. The molecule has 12 unspecified atom stereocenters. The van der Waals surface area contributed by atoms with Crippen molar-refractivity contribution in [1.82, 2.24) is 0 Å². The molecule has 38 atom stereocenters. The predicted molar refractivity (Wildman–Crippen MR) is 450 cm³/mol. The maximum atomic E-state index is 12.7. The van der Waals surface area contributed by atoms with Gasteiger partial charge in [0.05, 0.1) is 42.2 Å². The molecule has 16 aliphatic rings. The normalized spacial score (nSPS) is 49.6. The van der Waals surface area contributed by atoms with Gasteiger partial charge in [-0.05, 0) is 410 Å². The van der Waals surface area contributed by atoms with Crippen LogP contribution in [0.3, 0.4) is 0 Å². The third-order valence-corrected chi connectivity index (χ3v) is 41.6. The molecule has 115 heavy (non-hydrogen) atoms. The molecule has 0 heterocycles. The van der Waals surface area contributed by atoms with E-state index in [0.29, 0.717) is 130 Å². The summed E-state index contributed by atoms with van der Waals surface area (Å²) in [5.41, 5.74) is 2.17. The first-order valence-electron chi connectivity index (χ1n) is 48.6. The molecular weight excluding hydrogens is 1440 g/mol. The number of carboxylic acid groups (broad SMARTS) is 1. The summed E-state index contributed by atoms with van der Waals surface area (Å²) in [6.45, 7) is 31.1.